The summed E-state index contributed by atoms with van der Waals surface area (Å²) >= 11 is 0. The first-order chi connectivity index (χ1) is 19.5. The quantitative estimate of drug-likeness (QED) is 0.228. The predicted molar refractivity (Wildman–Crippen MR) is 154 cm³/mol. The number of hydrogen-bond donors (Lipinski definition) is 3. The fourth-order valence-electron chi connectivity index (χ4n) is 5.31. The summed E-state index contributed by atoms with van der Waals surface area (Å²) in [5.41, 5.74) is 5.63. The largest absolute Gasteiger partial charge is 0.461 e. The number of rotatable bonds is 13. The number of carbonyl (C=O) groups is 2. The maximum absolute atomic E-state index is 14.3. The van der Waals surface area contributed by atoms with Gasteiger partial charge in [0.1, 0.15) is 42.0 Å². The molecule has 14 heteroatoms. The molecule has 2 aliphatic rings. The first kappa shape index (κ1) is 31.3. The van der Waals surface area contributed by atoms with Crippen LogP contribution in [0, 0.1) is 0 Å². The van der Waals surface area contributed by atoms with Crippen molar-refractivity contribution < 1.29 is 28.4 Å². The predicted octanol–water partition coefficient (Wildman–Crippen LogP) is 3.67. The van der Waals surface area contributed by atoms with Crippen molar-refractivity contribution >= 4 is 36.4 Å². The lowest BCUT2D eigenvalue weighted by Crippen LogP contribution is -2.51. The molecule has 0 aliphatic heterocycles. The average molecular weight is 594 g/mol. The molecule has 2 aromatic rings. The Bertz CT molecular complexity index is 1240. The topological polar surface area (TPSA) is 173 Å². The number of anilines is 1. The molecule has 0 radical (unpaired) electrons. The van der Waals surface area contributed by atoms with Crippen molar-refractivity contribution in [2.75, 3.05) is 12.1 Å². The Hall–Kier alpha value is -2.60. The second-order valence-corrected chi connectivity index (χ2v) is 14.0. The van der Waals surface area contributed by atoms with E-state index in [1.807, 2.05) is 6.92 Å². The molecule has 3 atom stereocenters. The van der Waals surface area contributed by atoms with Gasteiger partial charge < -0.3 is 24.5 Å². The molecule has 2 aliphatic carbocycles. The number of carbonyl (C=O) groups excluding carboxylic acids is 2. The number of imidazole rings is 1. The summed E-state index contributed by atoms with van der Waals surface area (Å²) in [6.45, 7) is 7.02. The minimum Gasteiger partial charge on any atom is -0.461 e. The van der Waals surface area contributed by atoms with Gasteiger partial charge in [-0.2, -0.15) is 0 Å². The van der Waals surface area contributed by atoms with E-state index in [9.17, 15) is 14.2 Å². The van der Waals surface area contributed by atoms with E-state index in [2.05, 4.69) is 25.1 Å². The number of nitrogens with two attached hydrogens (primary N) is 1. The maximum Gasteiger partial charge on any atom is 0.326 e. The Morgan fingerprint density at radius 2 is 1.68 bits per heavy atom. The van der Waals surface area contributed by atoms with Gasteiger partial charge in [0.15, 0.2) is 11.5 Å². The third-order valence-corrected chi connectivity index (χ3v) is 9.80. The Morgan fingerprint density at radius 1 is 1.05 bits per heavy atom. The molecule has 0 aromatic carbocycles. The first-order valence-electron chi connectivity index (χ1n) is 14.6. The van der Waals surface area contributed by atoms with E-state index in [-0.39, 0.29) is 24.4 Å². The molecule has 0 unspecified atom stereocenters. The van der Waals surface area contributed by atoms with Crippen LogP contribution in [0.4, 0.5) is 5.82 Å². The number of fused-ring (bicyclic) bond motifs is 1. The highest BCUT2D eigenvalue weighted by Crippen LogP contribution is 2.41. The molecule has 0 amide bonds. The minimum atomic E-state index is -3.70. The highest BCUT2D eigenvalue weighted by molar-refractivity contribution is 7.59. The first-order valence-corrected chi connectivity index (χ1v) is 16.5. The number of nitrogens with one attached hydrogen (secondary N) is 2. The molecule has 0 saturated heterocycles. The molecule has 4 rings (SSSR count). The fraction of sp³-hybridized carbons (Fsp3) is 0.741. The second kappa shape index (κ2) is 13.6. The van der Waals surface area contributed by atoms with E-state index >= 15 is 0 Å². The summed E-state index contributed by atoms with van der Waals surface area (Å²) in [6.07, 6.45) is 10.5. The number of aromatic nitrogens is 4. The second-order valence-electron chi connectivity index (χ2n) is 11.8. The van der Waals surface area contributed by atoms with Crippen LogP contribution in [0.25, 0.3) is 11.2 Å². The van der Waals surface area contributed by atoms with E-state index in [1.54, 1.807) is 31.7 Å². The van der Waals surface area contributed by atoms with E-state index < -0.39 is 37.1 Å². The van der Waals surface area contributed by atoms with Crippen molar-refractivity contribution in [3.05, 3.63) is 12.7 Å². The van der Waals surface area contributed by atoms with Crippen LogP contribution in [0.15, 0.2) is 12.7 Å². The molecule has 4 N–H and O–H groups in total. The molecule has 0 spiro atoms. The molecule has 0 bridgehead atoms. The summed E-state index contributed by atoms with van der Waals surface area (Å²) in [5, 5.41) is 5.88. The van der Waals surface area contributed by atoms with Crippen molar-refractivity contribution in [1.29, 1.82) is 0 Å². The Kier molecular flexibility index (Phi) is 10.4. The monoisotopic (exact) mass is 593 g/mol. The van der Waals surface area contributed by atoms with Crippen molar-refractivity contribution in [3.8, 4) is 0 Å². The molecule has 2 fully saturated rings. The van der Waals surface area contributed by atoms with Crippen LogP contribution in [0.1, 0.15) is 85.5 Å². The minimum absolute atomic E-state index is 0.125. The van der Waals surface area contributed by atoms with E-state index in [0.717, 1.165) is 57.8 Å². The van der Waals surface area contributed by atoms with E-state index in [4.69, 9.17) is 19.9 Å². The van der Waals surface area contributed by atoms with Gasteiger partial charge in [0.2, 0.25) is 7.44 Å². The third-order valence-electron chi connectivity index (χ3n) is 7.56. The van der Waals surface area contributed by atoms with Crippen LogP contribution < -0.4 is 15.9 Å². The van der Waals surface area contributed by atoms with Gasteiger partial charge in [-0.3, -0.25) is 14.2 Å². The van der Waals surface area contributed by atoms with Gasteiger partial charge in [-0.05, 0) is 79.1 Å². The van der Waals surface area contributed by atoms with Crippen molar-refractivity contribution in [2.45, 2.75) is 122 Å². The van der Waals surface area contributed by atoms with E-state index in [0.29, 0.717) is 17.7 Å². The van der Waals surface area contributed by atoms with Crippen molar-refractivity contribution in [1.82, 2.24) is 29.7 Å². The molecule has 2 aromatic heterocycles. The van der Waals surface area contributed by atoms with Gasteiger partial charge in [0, 0.05) is 0 Å². The molecular weight excluding hydrogens is 549 g/mol. The summed E-state index contributed by atoms with van der Waals surface area (Å²) < 4.78 is 33.5. The highest BCUT2D eigenvalue weighted by Gasteiger charge is 2.40. The summed E-state index contributed by atoms with van der Waals surface area (Å²) in [6, 6.07) is -0.893. The molecule has 41 heavy (non-hydrogen) atoms. The average Bonchev–Trinajstić information content (AvgIpc) is 3.58. The smallest absolute Gasteiger partial charge is 0.326 e. The van der Waals surface area contributed by atoms with Gasteiger partial charge in [0.05, 0.1) is 19.0 Å². The lowest BCUT2D eigenvalue weighted by molar-refractivity contribution is -0.156. The SMILES string of the molecule is C[C@H](Cn1cnc2c(N)ncnc21)OC[P@@](=O)(N[C@H](C)C(=O)OC1CCCC1)NC(C)(C)C(=O)OC1CCCCC1. The zero-order valence-electron chi connectivity index (χ0n) is 24.5. The van der Waals surface area contributed by atoms with Crippen LogP contribution in [0.3, 0.4) is 0 Å². The number of nitrogen functional groups attached to an aromatic ring is 1. The Balaban J connectivity index is 1.44. The maximum atomic E-state index is 14.3. The van der Waals surface area contributed by atoms with Gasteiger partial charge in [-0.15, -0.1) is 0 Å². The van der Waals surface area contributed by atoms with Crippen molar-refractivity contribution in [2.24, 2.45) is 0 Å². The van der Waals surface area contributed by atoms with Gasteiger partial charge >= 0.3 is 11.9 Å². The van der Waals surface area contributed by atoms with Crippen LogP contribution >= 0.6 is 7.44 Å². The zero-order valence-corrected chi connectivity index (χ0v) is 25.4. The van der Waals surface area contributed by atoms with Crippen molar-refractivity contribution in [3.63, 3.8) is 0 Å². The number of ether oxygens (including phenoxy) is 3. The normalized spacial score (nSPS) is 20.0. The standard InChI is InChI=1S/C27H44N7O6P/c1-18(14-34-16-31-22-23(28)29-15-30-24(22)34)38-17-41(37,32-19(2)25(35)39-20-12-8-9-13-20)33-27(3,4)26(36)40-21-10-6-5-7-11-21/h15-16,18-21H,5-14,17H2,1-4H3,(H2,28,29,30)(H2,32,33,37)/t18-,19-,41-/m1/s1. The lowest BCUT2D eigenvalue weighted by atomic mass is 9.97. The van der Waals surface area contributed by atoms with Crippen LogP contribution in [-0.2, 0) is 34.9 Å². The Labute approximate surface area is 241 Å². The zero-order chi connectivity index (χ0) is 29.6. The number of nitrogens with zero attached hydrogens (tertiary/aromatic N) is 4. The fourth-order valence-corrected chi connectivity index (χ4v) is 7.71. The van der Waals surface area contributed by atoms with Crippen LogP contribution in [0.5, 0.6) is 0 Å². The molecular formula is C27H44N7O6P. The summed E-state index contributed by atoms with van der Waals surface area (Å²) in [4.78, 5) is 38.5. The van der Waals surface area contributed by atoms with Gasteiger partial charge in [-0.25, -0.2) is 25.1 Å². The molecule has 2 saturated carbocycles. The van der Waals surface area contributed by atoms with E-state index in [1.165, 1.54) is 6.33 Å². The van der Waals surface area contributed by atoms with Gasteiger partial charge in [-0.1, -0.05) is 6.42 Å². The summed E-state index contributed by atoms with van der Waals surface area (Å²) in [5.74, 6) is -0.708. The third kappa shape index (κ3) is 8.47. The van der Waals surface area contributed by atoms with Gasteiger partial charge in [0.25, 0.3) is 0 Å². The number of esters is 2. The molecule has 13 nitrogen and oxygen atoms in total. The molecule has 2 heterocycles. The summed E-state index contributed by atoms with van der Waals surface area (Å²) in [7, 11) is -3.70. The lowest BCUT2D eigenvalue weighted by Gasteiger charge is -2.34. The molecule has 228 valence electrons. The highest BCUT2D eigenvalue weighted by atomic mass is 31.2. The van der Waals surface area contributed by atoms with Crippen LogP contribution in [-0.4, -0.2) is 67.7 Å². The number of hydrogen-bond acceptors (Lipinski definition) is 10. The van der Waals surface area contributed by atoms with Crippen LogP contribution in [0.2, 0.25) is 0 Å². The Morgan fingerprint density at radius 3 is 2.37 bits per heavy atom.